The highest BCUT2D eigenvalue weighted by atomic mass is 16.1. The van der Waals surface area contributed by atoms with Crippen molar-refractivity contribution in [1.29, 1.82) is 0 Å². The molecule has 0 aliphatic carbocycles. The van der Waals surface area contributed by atoms with Crippen LogP contribution in [0.4, 0.5) is 11.5 Å². The number of aromatic nitrogens is 3. The zero-order chi connectivity index (χ0) is 19.7. The molecule has 2 N–H and O–H groups in total. The second kappa shape index (κ2) is 7.72. The summed E-state index contributed by atoms with van der Waals surface area (Å²) in [5.41, 5.74) is 2.70. The molecule has 0 spiro atoms. The molecule has 6 nitrogen and oxygen atoms in total. The molecular formula is C22H27N5O. The minimum absolute atomic E-state index is 0.171. The number of rotatable bonds is 4. The quantitative estimate of drug-likeness (QED) is 0.719. The first kappa shape index (κ1) is 18.6. The van der Waals surface area contributed by atoms with Crippen LogP contribution in [0.2, 0.25) is 0 Å². The van der Waals surface area contributed by atoms with Crippen molar-refractivity contribution in [2.24, 2.45) is 0 Å². The molecule has 3 heterocycles. The van der Waals surface area contributed by atoms with Crippen LogP contribution in [0, 0.1) is 0 Å². The summed E-state index contributed by atoms with van der Waals surface area (Å²) in [6.07, 6.45) is 3.72. The van der Waals surface area contributed by atoms with Crippen molar-refractivity contribution < 1.29 is 0 Å². The van der Waals surface area contributed by atoms with Gasteiger partial charge in [0.15, 0.2) is 0 Å². The molecule has 6 heteroatoms. The predicted molar refractivity (Wildman–Crippen MR) is 113 cm³/mol. The summed E-state index contributed by atoms with van der Waals surface area (Å²) in [5.74, 6) is 2.17. The highest BCUT2D eigenvalue weighted by molar-refractivity contribution is 5.89. The Labute approximate surface area is 165 Å². The maximum Gasteiger partial charge on any atom is 0.261 e. The van der Waals surface area contributed by atoms with Gasteiger partial charge in [-0.25, -0.2) is 9.97 Å². The molecule has 0 unspecified atom stereocenters. The second-order valence-electron chi connectivity index (χ2n) is 7.98. The standard InChI is InChI=1S/C22H27N5O/c1-14(2)16-5-4-6-17(13-16)24-21-19-18(7-10-23-22(19)28)25-20(26-21)15-8-11-27(3)12-9-15/h4-7,10,13-15H,8-9,11-12H2,1-3H3,(H,23,28)(H,24,25,26). The number of H-pyrrole nitrogens is 1. The molecule has 1 saturated heterocycles. The van der Waals surface area contributed by atoms with Crippen molar-refractivity contribution in [3.63, 3.8) is 0 Å². The molecule has 0 amide bonds. The highest BCUT2D eigenvalue weighted by Crippen LogP contribution is 2.29. The first-order valence-corrected chi connectivity index (χ1v) is 9.96. The third-order valence-corrected chi connectivity index (χ3v) is 5.54. The molecule has 2 aromatic heterocycles. The molecule has 1 aliphatic heterocycles. The Kier molecular flexibility index (Phi) is 5.13. The molecule has 0 radical (unpaired) electrons. The van der Waals surface area contributed by atoms with Gasteiger partial charge in [0.2, 0.25) is 0 Å². The minimum Gasteiger partial charge on any atom is -0.339 e. The molecule has 0 bridgehead atoms. The number of benzene rings is 1. The van der Waals surface area contributed by atoms with Crippen molar-refractivity contribution in [1.82, 2.24) is 19.9 Å². The van der Waals surface area contributed by atoms with Crippen molar-refractivity contribution >= 4 is 22.4 Å². The number of likely N-dealkylation sites (tertiary alicyclic amines) is 1. The normalized spacial score (nSPS) is 16.0. The Bertz CT molecular complexity index is 1030. The lowest BCUT2D eigenvalue weighted by molar-refractivity contribution is 0.251. The van der Waals surface area contributed by atoms with Gasteiger partial charge < -0.3 is 15.2 Å². The van der Waals surface area contributed by atoms with E-state index in [9.17, 15) is 4.79 Å². The average Bonchev–Trinajstić information content (AvgIpc) is 2.68. The molecule has 3 aromatic rings. The number of nitrogens with zero attached hydrogens (tertiary/aromatic N) is 3. The lowest BCUT2D eigenvalue weighted by Gasteiger charge is -2.28. The summed E-state index contributed by atoms with van der Waals surface area (Å²) >= 11 is 0. The molecule has 1 aromatic carbocycles. The molecule has 0 atom stereocenters. The molecule has 1 aliphatic rings. The van der Waals surface area contributed by atoms with Crippen LogP contribution in [-0.4, -0.2) is 40.0 Å². The third kappa shape index (κ3) is 3.78. The third-order valence-electron chi connectivity index (χ3n) is 5.54. The van der Waals surface area contributed by atoms with Crippen molar-refractivity contribution in [3.8, 4) is 0 Å². The van der Waals surface area contributed by atoms with Gasteiger partial charge in [-0.2, -0.15) is 0 Å². The van der Waals surface area contributed by atoms with Gasteiger partial charge in [-0.15, -0.1) is 0 Å². The zero-order valence-electron chi connectivity index (χ0n) is 16.7. The van der Waals surface area contributed by atoms with E-state index in [0.717, 1.165) is 37.4 Å². The van der Waals surface area contributed by atoms with Crippen LogP contribution < -0.4 is 10.9 Å². The zero-order valence-corrected chi connectivity index (χ0v) is 16.7. The van der Waals surface area contributed by atoms with Crippen LogP contribution in [0.25, 0.3) is 10.9 Å². The number of hydrogen-bond acceptors (Lipinski definition) is 5. The molecule has 4 rings (SSSR count). The first-order valence-electron chi connectivity index (χ1n) is 9.96. The van der Waals surface area contributed by atoms with Gasteiger partial charge in [0.25, 0.3) is 5.56 Å². The van der Waals surface area contributed by atoms with E-state index in [-0.39, 0.29) is 5.56 Å². The van der Waals surface area contributed by atoms with Crippen molar-refractivity contribution in [2.45, 2.75) is 38.5 Å². The van der Waals surface area contributed by atoms with Gasteiger partial charge in [-0.05, 0) is 62.7 Å². The van der Waals surface area contributed by atoms with Crippen LogP contribution in [0.15, 0.2) is 41.3 Å². The number of anilines is 2. The van der Waals surface area contributed by atoms with E-state index in [4.69, 9.17) is 9.97 Å². The average molecular weight is 377 g/mol. The number of piperidine rings is 1. The van der Waals surface area contributed by atoms with E-state index >= 15 is 0 Å². The molecule has 0 saturated carbocycles. The lowest BCUT2D eigenvalue weighted by Crippen LogP contribution is -2.30. The van der Waals surface area contributed by atoms with Gasteiger partial charge in [0, 0.05) is 17.8 Å². The summed E-state index contributed by atoms with van der Waals surface area (Å²) in [4.78, 5) is 27.2. The van der Waals surface area contributed by atoms with Gasteiger partial charge in [0.05, 0.1) is 5.52 Å². The van der Waals surface area contributed by atoms with Crippen LogP contribution in [0.5, 0.6) is 0 Å². The predicted octanol–water partition coefficient (Wildman–Crippen LogP) is 3.99. The summed E-state index contributed by atoms with van der Waals surface area (Å²) in [5, 5.41) is 3.90. The molecule has 1 fully saturated rings. The number of pyridine rings is 1. The van der Waals surface area contributed by atoms with Crippen LogP contribution in [0.3, 0.4) is 0 Å². The van der Waals surface area contributed by atoms with E-state index in [1.165, 1.54) is 5.56 Å². The van der Waals surface area contributed by atoms with Gasteiger partial charge in [0.1, 0.15) is 17.0 Å². The second-order valence-corrected chi connectivity index (χ2v) is 7.98. The summed E-state index contributed by atoms with van der Waals surface area (Å²) in [7, 11) is 2.14. The number of nitrogens with one attached hydrogen (secondary N) is 2. The highest BCUT2D eigenvalue weighted by Gasteiger charge is 2.23. The Hall–Kier alpha value is -2.73. The topological polar surface area (TPSA) is 73.9 Å². The Morgan fingerprint density at radius 1 is 1.18 bits per heavy atom. The molecule has 146 valence electrons. The van der Waals surface area contributed by atoms with Crippen LogP contribution >= 0.6 is 0 Å². The summed E-state index contributed by atoms with van der Waals surface area (Å²) in [6, 6.07) is 10.1. The van der Waals surface area contributed by atoms with E-state index in [1.54, 1.807) is 6.20 Å². The molecular weight excluding hydrogens is 350 g/mol. The number of aromatic amines is 1. The monoisotopic (exact) mass is 377 g/mol. The smallest absolute Gasteiger partial charge is 0.261 e. The lowest BCUT2D eigenvalue weighted by atomic mass is 9.96. The summed E-state index contributed by atoms with van der Waals surface area (Å²) < 4.78 is 0. The van der Waals surface area contributed by atoms with Crippen LogP contribution in [-0.2, 0) is 0 Å². The van der Waals surface area contributed by atoms with Gasteiger partial charge in [-0.3, -0.25) is 4.79 Å². The van der Waals surface area contributed by atoms with Crippen molar-refractivity contribution in [3.05, 3.63) is 58.3 Å². The fraction of sp³-hybridized carbons (Fsp3) is 0.409. The minimum atomic E-state index is -0.171. The van der Waals surface area contributed by atoms with E-state index in [2.05, 4.69) is 48.2 Å². The van der Waals surface area contributed by atoms with Crippen molar-refractivity contribution in [2.75, 3.05) is 25.5 Å². The van der Waals surface area contributed by atoms with Crippen LogP contribution in [0.1, 0.15) is 49.9 Å². The van der Waals surface area contributed by atoms with E-state index in [1.807, 2.05) is 18.2 Å². The number of fused-ring (bicyclic) bond motifs is 1. The SMILES string of the molecule is CC(C)c1cccc(Nc2nc(C3CCN(C)CC3)nc3cc[nH]c(=O)c23)c1. The van der Waals surface area contributed by atoms with E-state index in [0.29, 0.717) is 28.6 Å². The Balaban J connectivity index is 1.77. The molecule has 28 heavy (non-hydrogen) atoms. The Morgan fingerprint density at radius 2 is 1.96 bits per heavy atom. The van der Waals surface area contributed by atoms with Gasteiger partial charge >= 0.3 is 0 Å². The maximum absolute atomic E-state index is 12.5. The first-order chi connectivity index (χ1) is 13.5. The summed E-state index contributed by atoms with van der Waals surface area (Å²) in [6.45, 7) is 6.42. The van der Waals surface area contributed by atoms with Gasteiger partial charge in [-0.1, -0.05) is 26.0 Å². The fourth-order valence-electron chi connectivity index (χ4n) is 3.76. The number of hydrogen-bond donors (Lipinski definition) is 2. The maximum atomic E-state index is 12.5. The Morgan fingerprint density at radius 3 is 2.71 bits per heavy atom. The fourth-order valence-corrected chi connectivity index (χ4v) is 3.76. The van der Waals surface area contributed by atoms with E-state index < -0.39 is 0 Å². The largest absolute Gasteiger partial charge is 0.339 e.